The first-order chi connectivity index (χ1) is 10.0. The molecule has 108 valence electrons. The third-order valence-electron chi connectivity index (χ3n) is 2.86. The van der Waals surface area contributed by atoms with Crippen molar-refractivity contribution in [1.82, 2.24) is 0 Å². The molecule has 0 atom stereocenters. The highest BCUT2D eigenvalue weighted by molar-refractivity contribution is 9.11. The minimum absolute atomic E-state index is 0.516. The molecule has 0 aliphatic carbocycles. The van der Waals surface area contributed by atoms with E-state index in [0.717, 1.165) is 25.9 Å². The molecule has 0 heterocycles. The van der Waals surface area contributed by atoms with Crippen LogP contribution in [0.15, 0.2) is 39.3 Å². The number of nitrogens with zero attached hydrogens (tertiary/aromatic N) is 1. The summed E-state index contributed by atoms with van der Waals surface area (Å²) in [5, 5.41) is 12.6. The summed E-state index contributed by atoms with van der Waals surface area (Å²) in [7, 11) is 1.63. The highest BCUT2D eigenvalue weighted by Gasteiger charge is 2.10. The van der Waals surface area contributed by atoms with E-state index in [9.17, 15) is 0 Å². The third kappa shape index (κ3) is 3.91. The molecular weight excluding hydrogens is 419 g/mol. The number of nitrogens with one attached hydrogen (secondary N) is 1. The van der Waals surface area contributed by atoms with Crippen molar-refractivity contribution in [3.63, 3.8) is 0 Å². The van der Waals surface area contributed by atoms with Gasteiger partial charge in [0.1, 0.15) is 5.75 Å². The van der Waals surface area contributed by atoms with Gasteiger partial charge in [-0.25, -0.2) is 0 Å². The quantitative estimate of drug-likeness (QED) is 0.711. The number of nitriles is 1. The van der Waals surface area contributed by atoms with Crippen molar-refractivity contribution in [1.29, 1.82) is 5.26 Å². The Bertz CT molecular complexity index is 714. The van der Waals surface area contributed by atoms with Crippen molar-refractivity contribution in [2.75, 3.05) is 12.4 Å². The van der Waals surface area contributed by atoms with Gasteiger partial charge in [0.2, 0.25) is 0 Å². The maximum atomic E-state index is 8.83. The van der Waals surface area contributed by atoms with Crippen LogP contribution in [0.4, 0.5) is 5.69 Å². The molecule has 2 aromatic carbocycles. The molecular formula is C15H11Br2ClN2O. The standard InChI is InChI=1S/C15H11Br2ClN2O/c1-21-15-10(5-11(16)6-12(15)17)8-20-14-3-2-9(7-19)4-13(14)18/h2-6,20H,8H2,1H3. The van der Waals surface area contributed by atoms with E-state index >= 15 is 0 Å². The fourth-order valence-corrected chi connectivity index (χ4v) is 3.61. The molecule has 2 aromatic rings. The smallest absolute Gasteiger partial charge is 0.138 e. The highest BCUT2D eigenvalue weighted by Crippen LogP contribution is 2.33. The fraction of sp³-hybridized carbons (Fsp3) is 0.133. The first-order valence-electron chi connectivity index (χ1n) is 6.00. The van der Waals surface area contributed by atoms with Crippen molar-refractivity contribution in [2.24, 2.45) is 0 Å². The van der Waals surface area contributed by atoms with Gasteiger partial charge in [0.15, 0.2) is 0 Å². The maximum absolute atomic E-state index is 8.83. The zero-order valence-electron chi connectivity index (χ0n) is 11.1. The lowest BCUT2D eigenvalue weighted by Gasteiger charge is -2.14. The molecule has 0 aliphatic heterocycles. The second kappa shape index (κ2) is 7.17. The first kappa shape index (κ1) is 16.2. The minimum Gasteiger partial charge on any atom is -0.495 e. The van der Waals surface area contributed by atoms with Gasteiger partial charge in [0, 0.05) is 16.6 Å². The maximum Gasteiger partial charge on any atom is 0.138 e. The average molecular weight is 431 g/mol. The topological polar surface area (TPSA) is 45.0 Å². The van der Waals surface area contributed by atoms with Crippen molar-refractivity contribution in [2.45, 2.75) is 6.54 Å². The van der Waals surface area contributed by atoms with Gasteiger partial charge >= 0.3 is 0 Å². The van der Waals surface area contributed by atoms with E-state index in [4.69, 9.17) is 21.6 Å². The summed E-state index contributed by atoms with van der Waals surface area (Å²) < 4.78 is 7.24. The molecule has 0 saturated heterocycles. The predicted molar refractivity (Wildman–Crippen MR) is 91.9 cm³/mol. The lowest BCUT2D eigenvalue weighted by molar-refractivity contribution is 0.407. The molecule has 0 fully saturated rings. The minimum atomic E-state index is 0.516. The SMILES string of the molecule is COc1c(Br)cc(Br)cc1CNc1ccc(C#N)cc1Cl. The molecule has 6 heteroatoms. The molecule has 0 spiro atoms. The number of anilines is 1. The lowest BCUT2D eigenvalue weighted by atomic mass is 10.2. The number of ether oxygens (including phenoxy) is 1. The number of methoxy groups -OCH3 is 1. The predicted octanol–water partition coefficient (Wildman–Crippen LogP) is 5.36. The van der Waals surface area contributed by atoms with E-state index in [2.05, 4.69) is 43.2 Å². The van der Waals surface area contributed by atoms with Crippen LogP contribution in [0.2, 0.25) is 5.02 Å². The van der Waals surface area contributed by atoms with E-state index in [-0.39, 0.29) is 0 Å². The molecule has 0 aliphatic rings. The van der Waals surface area contributed by atoms with Gasteiger partial charge < -0.3 is 10.1 Å². The summed E-state index contributed by atoms with van der Waals surface area (Å²) in [4.78, 5) is 0. The van der Waals surface area contributed by atoms with Crippen LogP contribution in [0.25, 0.3) is 0 Å². The van der Waals surface area contributed by atoms with Crippen LogP contribution in [0.3, 0.4) is 0 Å². The van der Waals surface area contributed by atoms with Gasteiger partial charge in [-0.3, -0.25) is 0 Å². The number of hydrogen-bond acceptors (Lipinski definition) is 3. The van der Waals surface area contributed by atoms with Gasteiger partial charge in [0.05, 0.1) is 33.9 Å². The van der Waals surface area contributed by atoms with Gasteiger partial charge in [-0.2, -0.15) is 5.26 Å². The third-order valence-corrected chi connectivity index (χ3v) is 4.22. The molecule has 0 amide bonds. The Labute approximate surface area is 145 Å². The zero-order valence-corrected chi connectivity index (χ0v) is 15.0. The summed E-state index contributed by atoms with van der Waals surface area (Å²) in [6, 6.07) is 11.1. The van der Waals surface area contributed by atoms with Crippen LogP contribution in [0.5, 0.6) is 5.75 Å². The zero-order chi connectivity index (χ0) is 15.4. The van der Waals surface area contributed by atoms with Crippen LogP contribution in [0.1, 0.15) is 11.1 Å². The largest absolute Gasteiger partial charge is 0.495 e. The second-order valence-corrected chi connectivity index (χ2v) is 6.42. The molecule has 0 bridgehead atoms. The molecule has 0 unspecified atom stereocenters. The van der Waals surface area contributed by atoms with E-state index in [1.807, 2.05) is 12.1 Å². The molecule has 0 saturated carbocycles. The summed E-state index contributed by atoms with van der Waals surface area (Å²) in [5.41, 5.74) is 2.29. The van der Waals surface area contributed by atoms with Gasteiger partial charge in [-0.05, 0) is 46.3 Å². The van der Waals surface area contributed by atoms with E-state index in [1.165, 1.54) is 0 Å². The summed E-state index contributed by atoms with van der Waals surface area (Å²) in [6.45, 7) is 0.548. The van der Waals surface area contributed by atoms with Crippen molar-refractivity contribution < 1.29 is 4.74 Å². The number of benzene rings is 2. The van der Waals surface area contributed by atoms with Gasteiger partial charge in [-0.1, -0.05) is 27.5 Å². The number of halogens is 3. The Kier molecular flexibility index (Phi) is 5.51. The Balaban J connectivity index is 2.23. The van der Waals surface area contributed by atoms with E-state index in [0.29, 0.717) is 17.1 Å². The van der Waals surface area contributed by atoms with Crippen LogP contribution in [-0.2, 0) is 6.54 Å². The molecule has 1 N–H and O–H groups in total. The Hall–Kier alpha value is -1.22. The van der Waals surface area contributed by atoms with Gasteiger partial charge in [0.25, 0.3) is 0 Å². The van der Waals surface area contributed by atoms with E-state index in [1.54, 1.807) is 25.3 Å². The number of hydrogen-bond donors (Lipinski definition) is 1. The first-order valence-corrected chi connectivity index (χ1v) is 7.97. The van der Waals surface area contributed by atoms with Crippen LogP contribution in [0, 0.1) is 11.3 Å². The molecule has 0 radical (unpaired) electrons. The second-order valence-electron chi connectivity index (χ2n) is 4.24. The molecule has 2 rings (SSSR count). The average Bonchev–Trinajstić information content (AvgIpc) is 2.45. The van der Waals surface area contributed by atoms with Crippen LogP contribution < -0.4 is 10.1 Å². The summed E-state index contributed by atoms with van der Waals surface area (Å²) in [6.07, 6.45) is 0. The molecule has 3 nitrogen and oxygen atoms in total. The van der Waals surface area contributed by atoms with Crippen molar-refractivity contribution >= 4 is 49.1 Å². The van der Waals surface area contributed by atoms with Crippen molar-refractivity contribution in [3.8, 4) is 11.8 Å². The van der Waals surface area contributed by atoms with Crippen LogP contribution >= 0.6 is 43.5 Å². The fourth-order valence-electron chi connectivity index (χ4n) is 1.89. The molecule has 21 heavy (non-hydrogen) atoms. The molecule has 0 aromatic heterocycles. The lowest BCUT2D eigenvalue weighted by Crippen LogP contribution is -2.03. The van der Waals surface area contributed by atoms with Gasteiger partial charge in [-0.15, -0.1) is 0 Å². The normalized spacial score (nSPS) is 10.0. The number of rotatable bonds is 4. The highest BCUT2D eigenvalue weighted by atomic mass is 79.9. The Morgan fingerprint density at radius 1 is 1.29 bits per heavy atom. The summed E-state index contributed by atoms with van der Waals surface area (Å²) in [5.74, 6) is 0.774. The monoisotopic (exact) mass is 428 g/mol. The Morgan fingerprint density at radius 2 is 2.05 bits per heavy atom. The van der Waals surface area contributed by atoms with E-state index < -0.39 is 0 Å². The van der Waals surface area contributed by atoms with Crippen LogP contribution in [-0.4, -0.2) is 7.11 Å². The Morgan fingerprint density at radius 3 is 2.67 bits per heavy atom. The summed E-state index contributed by atoms with van der Waals surface area (Å²) >= 11 is 13.1. The van der Waals surface area contributed by atoms with Crippen molar-refractivity contribution in [3.05, 3.63) is 55.4 Å².